The number of aliphatic carboxylic acids is 2. The van der Waals surface area contributed by atoms with Crippen LogP contribution in [0.5, 0.6) is 0 Å². The summed E-state index contributed by atoms with van der Waals surface area (Å²) in [7, 11) is 0. The largest absolute Gasteiger partial charge is 0.478 e. The Labute approximate surface area is 121 Å². The summed E-state index contributed by atoms with van der Waals surface area (Å²) in [5, 5.41) is 26.6. The number of carbonyl (C=O) groups excluding carboxylic acids is 1. The molecule has 0 radical (unpaired) electrons. The van der Waals surface area contributed by atoms with Gasteiger partial charge >= 0.3 is 17.9 Å². The predicted octanol–water partition coefficient (Wildman–Crippen LogP) is 0.899. The number of carboxylic acid groups (broad SMARTS) is 2. The lowest BCUT2D eigenvalue weighted by Gasteiger charge is -2.07. The van der Waals surface area contributed by atoms with E-state index in [-0.39, 0.29) is 23.3 Å². The van der Waals surface area contributed by atoms with Crippen LogP contribution in [-0.4, -0.2) is 45.9 Å². The molecule has 1 unspecified atom stereocenters. The molecule has 116 valence electrons. The highest BCUT2D eigenvalue weighted by Gasteiger charge is 2.12. The standard InChI is InChI=1S/C14H18O7/c1-8(12(16)17)4-5-11(6-9(2)13(18)19)14(20)21-7-10(3)15/h4-6,10,15H,7H2,1-3H3,(H,16,17)(H,18,19). The second-order valence-corrected chi connectivity index (χ2v) is 4.36. The van der Waals surface area contributed by atoms with Crippen LogP contribution in [0.15, 0.2) is 34.9 Å². The normalized spacial score (nSPS) is 14.6. The minimum atomic E-state index is -1.22. The van der Waals surface area contributed by atoms with Gasteiger partial charge in [0.1, 0.15) is 6.61 Å². The van der Waals surface area contributed by atoms with E-state index < -0.39 is 24.0 Å². The van der Waals surface area contributed by atoms with Crippen LogP contribution >= 0.6 is 0 Å². The second kappa shape index (κ2) is 8.70. The number of esters is 1. The summed E-state index contributed by atoms with van der Waals surface area (Å²) < 4.78 is 4.77. The number of carboxylic acids is 2. The summed E-state index contributed by atoms with van der Waals surface area (Å²) in [5.41, 5.74) is -0.273. The Morgan fingerprint density at radius 3 is 2.00 bits per heavy atom. The fourth-order valence-corrected chi connectivity index (χ4v) is 1.04. The fourth-order valence-electron chi connectivity index (χ4n) is 1.04. The number of aliphatic hydroxyl groups excluding tert-OH is 1. The first-order chi connectivity index (χ1) is 9.65. The number of aliphatic hydroxyl groups is 1. The van der Waals surface area contributed by atoms with Crippen LogP contribution in [-0.2, 0) is 19.1 Å². The maximum Gasteiger partial charge on any atom is 0.338 e. The SMILES string of the molecule is CC(=CC=C(C=C(C)C(=O)O)C(=O)OCC(C)O)C(=O)O. The van der Waals surface area contributed by atoms with Crippen molar-refractivity contribution in [2.45, 2.75) is 26.9 Å². The average molecular weight is 298 g/mol. The number of hydrogen-bond donors (Lipinski definition) is 3. The van der Waals surface area contributed by atoms with E-state index in [0.717, 1.165) is 18.2 Å². The molecule has 0 bridgehead atoms. The molecule has 7 heteroatoms. The summed E-state index contributed by atoms with van der Waals surface area (Å²) in [4.78, 5) is 33.2. The molecule has 0 saturated heterocycles. The van der Waals surface area contributed by atoms with Crippen LogP contribution in [0, 0.1) is 0 Å². The van der Waals surface area contributed by atoms with Crippen LogP contribution in [0.4, 0.5) is 0 Å². The minimum absolute atomic E-state index is 0.0304. The number of carbonyl (C=O) groups is 3. The van der Waals surface area contributed by atoms with Crippen molar-refractivity contribution in [3.63, 3.8) is 0 Å². The van der Waals surface area contributed by atoms with Gasteiger partial charge in [0.15, 0.2) is 0 Å². The Morgan fingerprint density at radius 2 is 1.57 bits per heavy atom. The fraction of sp³-hybridized carbons (Fsp3) is 0.357. The van der Waals surface area contributed by atoms with E-state index in [1.54, 1.807) is 0 Å². The Morgan fingerprint density at radius 1 is 1.05 bits per heavy atom. The molecule has 7 nitrogen and oxygen atoms in total. The van der Waals surface area contributed by atoms with Gasteiger partial charge in [-0.05, 0) is 32.9 Å². The van der Waals surface area contributed by atoms with Gasteiger partial charge in [-0.15, -0.1) is 0 Å². The van der Waals surface area contributed by atoms with Crippen molar-refractivity contribution >= 4 is 17.9 Å². The van der Waals surface area contributed by atoms with E-state index in [4.69, 9.17) is 20.1 Å². The molecule has 0 aliphatic heterocycles. The van der Waals surface area contributed by atoms with Gasteiger partial charge < -0.3 is 20.1 Å². The van der Waals surface area contributed by atoms with Crippen LogP contribution in [0.2, 0.25) is 0 Å². The van der Waals surface area contributed by atoms with Crippen molar-refractivity contribution in [3.05, 3.63) is 34.9 Å². The van der Waals surface area contributed by atoms with Gasteiger partial charge in [-0.1, -0.05) is 6.08 Å². The third-order valence-corrected chi connectivity index (χ3v) is 2.25. The van der Waals surface area contributed by atoms with Gasteiger partial charge in [-0.25, -0.2) is 14.4 Å². The maximum atomic E-state index is 11.8. The summed E-state index contributed by atoms with van der Waals surface area (Å²) in [6, 6.07) is 0. The monoisotopic (exact) mass is 298 g/mol. The van der Waals surface area contributed by atoms with Crippen LogP contribution in [0.1, 0.15) is 20.8 Å². The van der Waals surface area contributed by atoms with Gasteiger partial charge in [0, 0.05) is 11.1 Å². The van der Waals surface area contributed by atoms with E-state index in [9.17, 15) is 14.4 Å². The van der Waals surface area contributed by atoms with Crippen molar-refractivity contribution in [1.29, 1.82) is 0 Å². The van der Waals surface area contributed by atoms with Crippen molar-refractivity contribution in [2.24, 2.45) is 0 Å². The van der Waals surface area contributed by atoms with Gasteiger partial charge in [0.2, 0.25) is 0 Å². The zero-order valence-electron chi connectivity index (χ0n) is 12.0. The third-order valence-electron chi connectivity index (χ3n) is 2.25. The number of ether oxygens (including phenoxy) is 1. The van der Waals surface area contributed by atoms with E-state index in [0.29, 0.717) is 0 Å². The van der Waals surface area contributed by atoms with Crippen LogP contribution in [0.3, 0.4) is 0 Å². The average Bonchev–Trinajstić information content (AvgIpc) is 2.39. The van der Waals surface area contributed by atoms with Crippen molar-refractivity contribution in [2.75, 3.05) is 6.61 Å². The molecule has 0 saturated carbocycles. The molecular weight excluding hydrogens is 280 g/mol. The first kappa shape index (κ1) is 18.6. The molecule has 0 heterocycles. The third kappa shape index (κ3) is 7.68. The lowest BCUT2D eigenvalue weighted by Crippen LogP contribution is -2.16. The lowest BCUT2D eigenvalue weighted by molar-refractivity contribution is -0.141. The van der Waals surface area contributed by atoms with Gasteiger partial charge in [0.25, 0.3) is 0 Å². The van der Waals surface area contributed by atoms with E-state index in [1.807, 2.05) is 0 Å². The molecule has 21 heavy (non-hydrogen) atoms. The summed E-state index contributed by atoms with van der Waals surface area (Å²) in [5.74, 6) is -3.24. The summed E-state index contributed by atoms with van der Waals surface area (Å²) in [6.45, 7) is 3.78. The van der Waals surface area contributed by atoms with Gasteiger partial charge in [0.05, 0.1) is 11.7 Å². The highest BCUT2D eigenvalue weighted by Crippen LogP contribution is 2.08. The molecule has 0 rings (SSSR count). The smallest absolute Gasteiger partial charge is 0.338 e. The Balaban J connectivity index is 5.38. The molecule has 3 N–H and O–H groups in total. The van der Waals surface area contributed by atoms with E-state index >= 15 is 0 Å². The van der Waals surface area contributed by atoms with E-state index in [1.165, 1.54) is 20.8 Å². The topological polar surface area (TPSA) is 121 Å². The molecule has 0 aliphatic carbocycles. The first-order valence-corrected chi connectivity index (χ1v) is 6.03. The zero-order valence-corrected chi connectivity index (χ0v) is 12.0. The van der Waals surface area contributed by atoms with Crippen molar-refractivity contribution < 1.29 is 34.4 Å². The van der Waals surface area contributed by atoms with Crippen molar-refractivity contribution in [3.8, 4) is 0 Å². The van der Waals surface area contributed by atoms with Crippen LogP contribution < -0.4 is 0 Å². The molecule has 0 aromatic carbocycles. The Bertz CT molecular complexity index is 509. The molecule has 0 fully saturated rings. The highest BCUT2D eigenvalue weighted by molar-refractivity contribution is 5.96. The first-order valence-electron chi connectivity index (χ1n) is 6.03. The summed E-state index contributed by atoms with van der Waals surface area (Å²) >= 11 is 0. The van der Waals surface area contributed by atoms with Gasteiger partial charge in [-0.3, -0.25) is 0 Å². The predicted molar refractivity (Wildman–Crippen MR) is 73.5 cm³/mol. The van der Waals surface area contributed by atoms with Gasteiger partial charge in [-0.2, -0.15) is 0 Å². The molecule has 0 amide bonds. The number of rotatable bonds is 7. The quantitative estimate of drug-likeness (QED) is 0.362. The minimum Gasteiger partial charge on any atom is -0.478 e. The second-order valence-electron chi connectivity index (χ2n) is 4.36. The molecule has 0 aromatic rings. The van der Waals surface area contributed by atoms with E-state index in [2.05, 4.69) is 0 Å². The highest BCUT2D eigenvalue weighted by atomic mass is 16.5. The maximum absolute atomic E-state index is 11.8. The molecule has 0 aromatic heterocycles. The lowest BCUT2D eigenvalue weighted by atomic mass is 10.1. The molecule has 0 aliphatic rings. The molecule has 1 atom stereocenters. The number of allylic oxidation sites excluding steroid dienone is 2. The number of hydrogen-bond acceptors (Lipinski definition) is 5. The Kier molecular flexibility index (Phi) is 7.70. The van der Waals surface area contributed by atoms with Crippen LogP contribution in [0.25, 0.3) is 0 Å². The zero-order chi connectivity index (χ0) is 16.6. The molecule has 0 spiro atoms. The summed E-state index contributed by atoms with van der Waals surface area (Å²) in [6.07, 6.45) is 2.52. The Hall–Kier alpha value is -2.41. The van der Waals surface area contributed by atoms with Crippen molar-refractivity contribution in [1.82, 2.24) is 0 Å². The molecular formula is C14H18O7.